The molecular formula is C18H9Cl4N3S. The van der Waals surface area contributed by atoms with Gasteiger partial charge in [-0.1, -0.05) is 52.5 Å². The van der Waals surface area contributed by atoms with Crippen molar-refractivity contribution in [3.05, 3.63) is 73.1 Å². The first-order valence-corrected chi connectivity index (χ1v) is 9.59. The molecule has 26 heavy (non-hydrogen) atoms. The van der Waals surface area contributed by atoms with Crippen LogP contribution in [-0.2, 0) is 0 Å². The van der Waals surface area contributed by atoms with Gasteiger partial charge in [0.2, 0.25) is 0 Å². The van der Waals surface area contributed by atoms with Crippen LogP contribution >= 0.6 is 57.7 Å². The van der Waals surface area contributed by atoms with Gasteiger partial charge in [0.15, 0.2) is 0 Å². The van der Waals surface area contributed by atoms with Gasteiger partial charge in [-0.2, -0.15) is 5.26 Å². The Labute approximate surface area is 174 Å². The number of thiazole rings is 1. The number of aromatic nitrogens is 1. The minimum atomic E-state index is 0.386. The van der Waals surface area contributed by atoms with E-state index in [1.165, 1.54) is 11.3 Å². The second kappa shape index (κ2) is 8.30. The van der Waals surface area contributed by atoms with Crippen LogP contribution in [0.4, 0.5) is 5.69 Å². The van der Waals surface area contributed by atoms with E-state index in [4.69, 9.17) is 46.4 Å². The summed E-state index contributed by atoms with van der Waals surface area (Å²) in [5.41, 5.74) is 2.61. The molecule has 0 aliphatic rings. The molecule has 2 aromatic carbocycles. The smallest absolute Gasteiger partial charge is 0.136 e. The number of allylic oxidation sites excluding steroid dienone is 1. The van der Waals surface area contributed by atoms with E-state index in [2.05, 4.69) is 16.4 Å². The van der Waals surface area contributed by atoms with E-state index in [9.17, 15) is 5.26 Å². The molecule has 0 unspecified atom stereocenters. The van der Waals surface area contributed by atoms with Gasteiger partial charge in [-0.3, -0.25) is 0 Å². The molecule has 0 saturated carbocycles. The molecule has 0 amide bonds. The van der Waals surface area contributed by atoms with E-state index >= 15 is 0 Å². The third-order valence-corrected chi connectivity index (χ3v) is 5.37. The lowest BCUT2D eigenvalue weighted by atomic mass is 10.2. The maximum atomic E-state index is 9.44. The van der Waals surface area contributed by atoms with Gasteiger partial charge in [-0.05, 0) is 30.3 Å². The number of anilines is 1. The topological polar surface area (TPSA) is 48.7 Å². The molecule has 0 aliphatic heterocycles. The first-order valence-electron chi connectivity index (χ1n) is 7.20. The van der Waals surface area contributed by atoms with Crippen LogP contribution in [0.3, 0.4) is 0 Å². The molecule has 3 aromatic rings. The maximum absolute atomic E-state index is 9.44. The maximum Gasteiger partial charge on any atom is 0.136 e. The van der Waals surface area contributed by atoms with Crippen molar-refractivity contribution < 1.29 is 0 Å². The molecule has 0 saturated heterocycles. The van der Waals surface area contributed by atoms with Crippen molar-refractivity contribution in [3.8, 4) is 17.3 Å². The summed E-state index contributed by atoms with van der Waals surface area (Å²) in [6.07, 6.45) is 1.57. The van der Waals surface area contributed by atoms with Gasteiger partial charge >= 0.3 is 0 Å². The number of nitriles is 1. The van der Waals surface area contributed by atoms with Gasteiger partial charge in [-0.15, -0.1) is 11.3 Å². The number of hydrogen-bond donors (Lipinski definition) is 1. The van der Waals surface area contributed by atoms with Crippen molar-refractivity contribution in [2.24, 2.45) is 0 Å². The Hall–Kier alpha value is -1.74. The zero-order valence-corrected chi connectivity index (χ0v) is 16.8. The SMILES string of the molecule is N#CC(=CNc1cc(Cl)cc(Cl)c1)c1nc(-c2ccc(Cl)c(Cl)c2)cs1. The predicted molar refractivity (Wildman–Crippen MR) is 111 cm³/mol. The van der Waals surface area contributed by atoms with Gasteiger partial charge in [0.05, 0.1) is 15.7 Å². The number of benzene rings is 2. The van der Waals surface area contributed by atoms with Crippen LogP contribution in [0.2, 0.25) is 20.1 Å². The molecule has 0 fully saturated rings. The van der Waals surface area contributed by atoms with Crippen LogP contribution < -0.4 is 5.32 Å². The zero-order valence-electron chi connectivity index (χ0n) is 12.9. The molecule has 0 bridgehead atoms. The van der Waals surface area contributed by atoms with Gasteiger partial charge in [0, 0.05) is 32.9 Å². The van der Waals surface area contributed by atoms with Crippen molar-refractivity contribution in [2.75, 3.05) is 5.32 Å². The van der Waals surface area contributed by atoms with Crippen molar-refractivity contribution in [2.45, 2.75) is 0 Å². The fourth-order valence-corrected chi connectivity index (χ4v) is 3.74. The Balaban J connectivity index is 1.86. The molecule has 0 radical (unpaired) electrons. The number of hydrogen-bond acceptors (Lipinski definition) is 4. The van der Waals surface area contributed by atoms with E-state index in [0.29, 0.717) is 36.4 Å². The summed E-state index contributed by atoms with van der Waals surface area (Å²) >= 11 is 25.3. The molecule has 1 aromatic heterocycles. The molecule has 0 aliphatic carbocycles. The molecule has 8 heteroatoms. The lowest BCUT2D eigenvalue weighted by Gasteiger charge is -2.03. The number of rotatable bonds is 4. The van der Waals surface area contributed by atoms with E-state index < -0.39 is 0 Å². The minimum Gasteiger partial charge on any atom is -0.360 e. The fraction of sp³-hybridized carbons (Fsp3) is 0. The molecular weight excluding hydrogens is 432 g/mol. The van der Waals surface area contributed by atoms with E-state index in [0.717, 1.165) is 11.3 Å². The quantitative estimate of drug-likeness (QED) is 0.430. The number of nitrogens with zero attached hydrogens (tertiary/aromatic N) is 2. The van der Waals surface area contributed by atoms with Crippen molar-refractivity contribution >= 4 is 69.0 Å². The van der Waals surface area contributed by atoms with Gasteiger partial charge in [-0.25, -0.2) is 4.98 Å². The third kappa shape index (κ3) is 4.50. The molecule has 0 atom stereocenters. The van der Waals surface area contributed by atoms with Crippen LogP contribution in [0, 0.1) is 11.3 Å². The average Bonchev–Trinajstić information content (AvgIpc) is 3.07. The first kappa shape index (κ1) is 19.0. The van der Waals surface area contributed by atoms with Gasteiger partial charge in [0.1, 0.15) is 16.6 Å². The van der Waals surface area contributed by atoms with Crippen molar-refractivity contribution in [1.82, 2.24) is 4.98 Å². The van der Waals surface area contributed by atoms with Crippen LogP contribution in [-0.4, -0.2) is 4.98 Å². The Kier molecular flexibility index (Phi) is 6.08. The Morgan fingerprint density at radius 3 is 2.42 bits per heavy atom. The summed E-state index contributed by atoms with van der Waals surface area (Å²) in [6, 6.07) is 12.5. The van der Waals surface area contributed by atoms with Crippen LogP contribution in [0.15, 0.2) is 48.0 Å². The summed E-state index contributed by atoms with van der Waals surface area (Å²) < 4.78 is 0. The van der Waals surface area contributed by atoms with Crippen LogP contribution in [0.1, 0.15) is 5.01 Å². The summed E-state index contributed by atoms with van der Waals surface area (Å²) in [5, 5.41) is 16.8. The molecule has 3 nitrogen and oxygen atoms in total. The highest BCUT2D eigenvalue weighted by Gasteiger charge is 2.10. The second-order valence-corrected chi connectivity index (χ2v) is 7.68. The van der Waals surface area contributed by atoms with Crippen LogP contribution in [0.25, 0.3) is 16.8 Å². The predicted octanol–water partition coefficient (Wildman–Crippen LogP) is 7.40. The highest BCUT2D eigenvalue weighted by atomic mass is 35.5. The molecule has 0 spiro atoms. The summed E-state index contributed by atoms with van der Waals surface area (Å²) in [7, 11) is 0. The van der Waals surface area contributed by atoms with E-state index in [-0.39, 0.29) is 0 Å². The van der Waals surface area contributed by atoms with E-state index in [1.54, 1.807) is 36.5 Å². The highest BCUT2D eigenvalue weighted by Crippen LogP contribution is 2.31. The zero-order chi connectivity index (χ0) is 18.7. The molecule has 3 rings (SSSR count). The third-order valence-electron chi connectivity index (χ3n) is 3.32. The summed E-state index contributed by atoms with van der Waals surface area (Å²) in [4.78, 5) is 4.50. The Morgan fingerprint density at radius 2 is 1.77 bits per heavy atom. The van der Waals surface area contributed by atoms with Crippen LogP contribution in [0.5, 0.6) is 0 Å². The minimum absolute atomic E-state index is 0.386. The standard InChI is InChI=1S/C18H9Cl4N3S/c19-12-4-13(20)6-14(5-12)24-8-11(7-23)18-25-17(9-26-18)10-1-2-15(21)16(22)3-10/h1-6,8-9,24H. The highest BCUT2D eigenvalue weighted by molar-refractivity contribution is 7.11. The molecule has 130 valence electrons. The van der Waals surface area contributed by atoms with Gasteiger partial charge in [0.25, 0.3) is 0 Å². The van der Waals surface area contributed by atoms with Gasteiger partial charge < -0.3 is 5.32 Å². The molecule has 1 N–H and O–H groups in total. The second-order valence-electron chi connectivity index (χ2n) is 5.14. The molecule has 1 heterocycles. The normalized spacial score (nSPS) is 11.3. The Morgan fingerprint density at radius 1 is 1.04 bits per heavy atom. The largest absolute Gasteiger partial charge is 0.360 e. The summed E-state index contributed by atoms with van der Waals surface area (Å²) in [5.74, 6) is 0. The monoisotopic (exact) mass is 439 g/mol. The number of nitrogens with one attached hydrogen (secondary N) is 1. The average molecular weight is 441 g/mol. The van der Waals surface area contributed by atoms with Crippen molar-refractivity contribution in [1.29, 1.82) is 5.26 Å². The Bertz CT molecular complexity index is 1020. The van der Waals surface area contributed by atoms with E-state index in [1.807, 2.05) is 11.4 Å². The lowest BCUT2D eigenvalue weighted by molar-refractivity contribution is 1.36. The first-order chi connectivity index (χ1) is 12.5. The lowest BCUT2D eigenvalue weighted by Crippen LogP contribution is -1.91. The summed E-state index contributed by atoms with van der Waals surface area (Å²) in [6.45, 7) is 0. The number of halogens is 4. The fourth-order valence-electron chi connectivity index (χ4n) is 2.12. The van der Waals surface area contributed by atoms with Crippen molar-refractivity contribution in [3.63, 3.8) is 0 Å².